The lowest BCUT2D eigenvalue weighted by atomic mass is 10.1. The largest absolute Gasteiger partial charge is 0.293 e. The molecule has 0 saturated heterocycles. The fraction of sp³-hybridized carbons (Fsp3) is 0.133. The third-order valence-electron chi connectivity index (χ3n) is 2.81. The third kappa shape index (κ3) is 3.04. The van der Waals surface area contributed by atoms with Crippen LogP contribution < -0.4 is 0 Å². The molecule has 1 aromatic carbocycles. The summed E-state index contributed by atoms with van der Waals surface area (Å²) in [5, 5.41) is 10.9. The Bertz CT molecular complexity index is 611. The molecular weight excluding hydrogens is 240 g/mol. The smallest absolute Gasteiger partial charge is 0.258 e. The van der Waals surface area contributed by atoms with Gasteiger partial charge < -0.3 is 0 Å². The van der Waals surface area contributed by atoms with Crippen LogP contribution >= 0.6 is 0 Å². The Balaban J connectivity index is 2.33. The molecule has 0 N–H and O–H groups in total. The number of pyridine rings is 1. The molecule has 4 heteroatoms. The molecule has 0 aliphatic heterocycles. The maximum atomic E-state index is 10.9. The predicted octanol–water partition coefficient (Wildman–Crippen LogP) is 3.78. The van der Waals surface area contributed by atoms with Crippen molar-refractivity contribution >= 4 is 17.8 Å². The van der Waals surface area contributed by atoms with Gasteiger partial charge in [0.05, 0.1) is 10.6 Å². The standard InChI is InChI=1S/C15H14N2O2/c1-11-10-14(16-12(2)15(11)17(18)19)9-8-13-6-4-3-5-7-13/h3-10H,1-2H3/b9-8+. The summed E-state index contributed by atoms with van der Waals surface area (Å²) in [6.45, 7) is 3.39. The first-order chi connectivity index (χ1) is 9.08. The van der Waals surface area contributed by atoms with E-state index in [-0.39, 0.29) is 10.6 Å². The van der Waals surface area contributed by atoms with Crippen molar-refractivity contribution in [3.05, 3.63) is 69.0 Å². The molecule has 96 valence electrons. The number of aromatic nitrogens is 1. The number of nitro groups is 1. The second kappa shape index (κ2) is 5.44. The predicted molar refractivity (Wildman–Crippen MR) is 75.7 cm³/mol. The summed E-state index contributed by atoms with van der Waals surface area (Å²) >= 11 is 0. The van der Waals surface area contributed by atoms with Crippen LogP contribution in [-0.2, 0) is 0 Å². The van der Waals surface area contributed by atoms with Crippen molar-refractivity contribution < 1.29 is 4.92 Å². The maximum absolute atomic E-state index is 10.9. The van der Waals surface area contributed by atoms with E-state index in [0.717, 1.165) is 11.3 Å². The molecule has 0 aliphatic carbocycles. The average Bonchev–Trinajstić information content (AvgIpc) is 2.36. The summed E-state index contributed by atoms with van der Waals surface area (Å²) in [4.78, 5) is 14.7. The van der Waals surface area contributed by atoms with E-state index in [2.05, 4.69) is 4.98 Å². The van der Waals surface area contributed by atoms with Crippen molar-refractivity contribution in [2.75, 3.05) is 0 Å². The van der Waals surface area contributed by atoms with Gasteiger partial charge in [-0.1, -0.05) is 36.4 Å². The van der Waals surface area contributed by atoms with Gasteiger partial charge in [0.1, 0.15) is 5.69 Å². The fourth-order valence-electron chi connectivity index (χ4n) is 1.96. The summed E-state index contributed by atoms with van der Waals surface area (Å²) < 4.78 is 0. The Morgan fingerprint density at radius 2 is 1.84 bits per heavy atom. The second-order valence-corrected chi connectivity index (χ2v) is 4.30. The number of benzene rings is 1. The molecule has 4 nitrogen and oxygen atoms in total. The SMILES string of the molecule is Cc1cc(/C=C/c2ccccc2)nc(C)c1[N+](=O)[O-]. The van der Waals surface area contributed by atoms with E-state index in [9.17, 15) is 10.1 Å². The molecular formula is C15H14N2O2. The fourth-order valence-corrected chi connectivity index (χ4v) is 1.96. The minimum absolute atomic E-state index is 0.0943. The normalized spacial score (nSPS) is 10.8. The van der Waals surface area contributed by atoms with Crippen LogP contribution in [-0.4, -0.2) is 9.91 Å². The summed E-state index contributed by atoms with van der Waals surface area (Å²) in [6.07, 6.45) is 3.80. The molecule has 0 fully saturated rings. The summed E-state index contributed by atoms with van der Waals surface area (Å²) in [6, 6.07) is 11.6. The van der Waals surface area contributed by atoms with Gasteiger partial charge in [-0.3, -0.25) is 10.1 Å². The van der Waals surface area contributed by atoms with Gasteiger partial charge in [0, 0.05) is 5.56 Å². The molecule has 0 aliphatic rings. The van der Waals surface area contributed by atoms with Crippen molar-refractivity contribution in [2.24, 2.45) is 0 Å². The highest BCUT2D eigenvalue weighted by molar-refractivity contribution is 5.69. The van der Waals surface area contributed by atoms with E-state index < -0.39 is 0 Å². The zero-order chi connectivity index (χ0) is 13.8. The second-order valence-electron chi connectivity index (χ2n) is 4.30. The first kappa shape index (κ1) is 13.0. The average molecular weight is 254 g/mol. The summed E-state index contributed by atoms with van der Waals surface area (Å²) in [5.74, 6) is 0. The lowest BCUT2D eigenvalue weighted by Gasteiger charge is -2.02. The van der Waals surface area contributed by atoms with Crippen LogP contribution in [0.4, 0.5) is 5.69 Å². The first-order valence-electron chi connectivity index (χ1n) is 5.93. The molecule has 0 unspecified atom stereocenters. The van der Waals surface area contributed by atoms with Gasteiger partial charge in [-0.15, -0.1) is 0 Å². The van der Waals surface area contributed by atoms with E-state index in [1.807, 2.05) is 42.5 Å². The van der Waals surface area contributed by atoms with Gasteiger partial charge in [-0.05, 0) is 31.6 Å². The highest BCUT2D eigenvalue weighted by Gasteiger charge is 2.15. The topological polar surface area (TPSA) is 56.0 Å². The Hall–Kier alpha value is -2.49. The van der Waals surface area contributed by atoms with Crippen molar-refractivity contribution in [2.45, 2.75) is 13.8 Å². The monoisotopic (exact) mass is 254 g/mol. The molecule has 19 heavy (non-hydrogen) atoms. The van der Waals surface area contributed by atoms with Gasteiger partial charge in [0.2, 0.25) is 0 Å². The van der Waals surface area contributed by atoms with Gasteiger partial charge in [-0.25, -0.2) is 4.98 Å². The molecule has 2 aromatic rings. The Morgan fingerprint density at radius 1 is 1.16 bits per heavy atom. The van der Waals surface area contributed by atoms with Crippen LogP contribution in [0.25, 0.3) is 12.2 Å². The quantitative estimate of drug-likeness (QED) is 0.618. The first-order valence-corrected chi connectivity index (χ1v) is 5.93. The van der Waals surface area contributed by atoms with Crippen molar-refractivity contribution in [1.82, 2.24) is 4.98 Å². The number of hydrogen-bond donors (Lipinski definition) is 0. The zero-order valence-corrected chi connectivity index (χ0v) is 10.8. The van der Waals surface area contributed by atoms with Crippen LogP contribution in [0.1, 0.15) is 22.5 Å². The van der Waals surface area contributed by atoms with E-state index in [1.54, 1.807) is 19.9 Å². The minimum atomic E-state index is -0.387. The Kier molecular flexibility index (Phi) is 3.71. The lowest BCUT2D eigenvalue weighted by Crippen LogP contribution is -1.98. The molecule has 0 radical (unpaired) electrons. The van der Waals surface area contributed by atoms with Crippen molar-refractivity contribution in [1.29, 1.82) is 0 Å². The van der Waals surface area contributed by atoms with Crippen molar-refractivity contribution in [3.8, 4) is 0 Å². The van der Waals surface area contributed by atoms with Crippen LogP contribution in [0.5, 0.6) is 0 Å². The molecule has 0 amide bonds. The van der Waals surface area contributed by atoms with Crippen molar-refractivity contribution in [3.63, 3.8) is 0 Å². The van der Waals surface area contributed by atoms with Crippen LogP contribution in [0, 0.1) is 24.0 Å². The molecule has 0 bridgehead atoms. The van der Waals surface area contributed by atoms with Crippen LogP contribution in [0.2, 0.25) is 0 Å². The van der Waals surface area contributed by atoms with E-state index >= 15 is 0 Å². The third-order valence-corrected chi connectivity index (χ3v) is 2.81. The Labute approximate surface area is 111 Å². The van der Waals surface area contributed by atoms with E-state index in [4.69, 9.17) is 0 Å². The summed E-state index contributed by atoms with van der Waals surface area (Å²) in [7, 11) is 0. The summed E-state index contributed by atoms with van der Waals surface area (Å²) in [5.41, 5.74) is 2.96. The van der Waals surface area contributed by atoms with Gasteiger partial charge in [-0.2, -0.15) is 0 Å². The number of rotatable bonds is 3. The molecule has 2 rings (SSSR count). The van der Waals surface area contributed by atoms with E-state index in [0.29, 0.717) is 11.3 Å². The maximum Gasteiger partial charge on any atom is 0.293 e. The molecule has 1 heterocycles. The minimum Gasteiger partial charge on any atom is -0.258 e. The zero-order valence-electron chi connectivity index (χ0n) is 10.8. The number of hydrogen-bond acceptors (Lipinski definition) is 3. The highest BCUT2D eigenvalue weighted by atomic mass is 16.6. The van der Waals surface area contributed by atoms with Gasteiger partial charge in [0.25, 0.3) is 5.69 Å². The molecule has 0 saturated carbocycles. The molecule has 0 spiro atoms. The number of aryl methyl sites for hydroxylation is 2. The van der Waals surface area contributed by atoms with E-state index in [1.165, 1.54) is 0 Å². The van der Waals surface area contributed by atoms with Gasteiger partial charge >= 0.3 is 0 Å². The van der Waals surface area contributed by atoms with Crippen LogP contribution in [0.15, 0.2) is 36.4 Å². The van der Waals surface area contributed by atoms with Crippen LogP contribution in [0.3, 0.4) is 0 Å². The van der Waals surface area contributed by atoms with Gasteiger partial charge in [0.15, 0.2) is 0 Å². The Morgan fingerprint density at radius 3 is 2.42 bits per heavy atom. The highest BCUT2D eigenvalue weighted by Crippen LogP contribution is 2.22. The number of nitrogens with zero attached hydrogens (tertiary/aromatic N) is 2. The lowest BCUT2D eigenvalue weighted by molar-refractivity contribution is -0.386. The molecule has 0 atom stereocenters. The molecule has 1 aromatic heterocycles.